The molecule has 0 aromatic heterocycles. The summed E-state index contributed by atoms with van der Waals surface area (Å²) in [6.07, 6.45) is 1.93. The molecule has 0 saturated carbocycles. The van der Waals surface area contributed by atoms with Crippen molar-refractivity contribution in [3.05, 3.63) is 29.3 Å². The summed E-state index contributed by atoms with van der Waals surface area (Å²) in [5.41, 5.74) is 1.62. The Hall–Kier alpha value is -1.63. The molecule has 1 aromatic carbocycles. The van der Waals surface area contributed by atoms with Crippen molar-refractivity contribution in [2.24, 2.45) is 5.92 Å². The Balaban J connectivity index is 1.61. The van der Waals surface area contributed by atoms with Crippen LogP contribution in [0.5, 0.6) is 5.75 Å². The summed E-state index contributed by atoms with van der Waals surface area (Å²) < 4.78 is 21.3. The first-order valence-corrected chi connectivity index (χ1v) is 8.40. The summed E-state index contributed by atoms with van der Waals surface area (Å²) in [4.78, 5) is 14.1. The summed E-state index contributed by atoms with van der Waals surface area (Å²) >= 11 is 0. The van der Waals surface area contributed by atoms with Crippen LogP contribution in [-0.4, -0.2) is 64.2 Å². The zero-order valence-electron chi connectivity index (χ0n) is 14.3. The van der Waals surface area contributed by atoms with E-state index in [0.717, 1.165) is 43.8 Å². The van der Waals surface area contributed by atoms with Gasteiger partial charge in [-0.05, 0) is 49.1 Å². The molecular formula is C18H25NO5. The quantitative estimate of drug-likeness (QED) is 0.738. The maximum Gasteiger partial charge on any atom is 0.337 e. The molecule has 6 nitrogen and oxygen atoms in total. The lowest BCUT2D eigenvalue weighted by Crippen LogP contribution is -2.31. The van der Waals surface area contributed by atoms with Crippen LogP contribution in [0.15, 0.2) is 18.2 Å². The van der Waals surface area contributed by atoms with E-state index in [2.05, 4.69) is 4.90 Å². The Morgan fingerprint density at radius 1 is 1.29 bits per heavy atom. The number of hydrogen-bond donors (Lipinski definition) is 0. The number of carbonyl (C=O) groups excluding carboxylic acids is 1. The van der Waals surface area contributed by atoms with E-state index in [4.69, 9.17) is 18.9 Å². The molecule has 0 spiro atoms. The van der Waals surface area contributed by atoms with Gasteiger partial charge < -0.3 is 18.9 Å². The smallest absolute Gasteiger partial charge is 0.337 e. The Morgan fingerprint density at radius 2 is 2.08 bits per heavy atom. The largest absolute Gasteiger partial charge is 0.496 e. The molecule has 0 radical (unpaired) electrons. The van der Waals surface area contributed by atoms with Gasteiger partial charge in [0.05, 0.1) is 33.0 Å². The van der Waals surface area contributed by atoms with Crippen LogP contribution in [0.2, 0.25) is 0 Å². The molecule has 132 valence electrons. The van der Waals surface area contributed by atoms with Crippen LogP contribution in [0.25, 0.3) is 0 Å². The van der Waals surface area contributed by atoms with Gasteiger partial charge in [-0.25, -0.2) is 4.79 Å². The molecule has 1 aromatic rings. The van der Waals surface area contributed by atoms with Gasteiger partial charge in [-0.3, -0.25) is 4.90 Å². The zero-order valence-corrected chi connectivity index (χ0v) is 14.3. The molecule has 0 amide bonds. The van der Waals surface area contributed by atoms with Gasteiger partial charge in [0.15, 0.2) is 6.29 Å². The lowest BCUT2D eigenvalue weighted by Gasteiger charge is -2.19. The van der Waals surface area contributed by atoms with Gasteiger partial charge in [0.1, 0.15) is 5.75 Å². The lowest BCUT2D eigenvalue weighted by molar-refractivity contribution is -0.0590. The van der Waals surface area contributed by atoms with E-state index in [1.54, 1.807) is 13.2 Å². The minimum absolute atomic E-state index is 0.0825. The van der Waals surface area contributed by atoms with Crippen molar-refractivity contribution in [3.63, 3.8) is 0 Å². The molecule has 3 rings (SSSR count). The molecule has 2 heterocycles. The van der Waals surface area contributed by atoms with Gasteiger partial charge in [0.25, 0.3) is 0 Å². The monoisotopic (exact) mass is 335 g/mol. The van der Waals surface area contributed by atoms with Crippen LogP contribution in [0.1, 0.15) is 22.3 Å². The predicted octanol–water partition coefficient (Wildman–Crippen LogP) is 1.72. The number of carbonyl (C=O) groups is 1. The predicted molar refractivity (Wildman–Crippen MR) is 88.3 cm³/mol. The van der Waals surface area contributed by atoms with Crippen LogP contribution in [0, 0.1) is 5.92 Å². The molecule has 1 atom stereocenters. The highest BCUT2D eigenvalue weighted by molar-refractivity contribution is 5.89. The molecule has 1 unspecified atom stereocenters. The normalized spacial score (nSPS) is 22.0. The fraction of sp³-hybridized carbons (Fsp3) is 0.611. The van der Waals surface area contributed by atoms with Crippen LogP contribution < -0.4 is 4.74 Å². The Morgan fingerprint density at radius 3 is 2.79 bits per heavy atom. The average molecular weight is 335 g/mol. The molecule has 2 aliphatic rings. The highest BCUT2D eigenvalue weighted by Gasteiger charge is 2.27. The van der Waals surface area contributed by atoms with Crippen LogP contribution >= 0.6 is 0 Å². The van der Waals surface area contributed by atoms with E-state index in [0.29, 0.717) is 24.7 Å². The highest BCUT2D eigenvalue weighted by atomic mass is 16.7. The van der Waals surface area contributed by atoms with Gasteiger partial charge >= 0.3 is 5.97 Å². The molecular weight excluding hydrogens is 310 g/mol. The van der Waals surface area contributed by atoms with E-state index < -0.39 is 0 Å². The SMILES string of the molecule is COC(=O)c1ccc(OC)c(CC2CCN(CC3OCCO3)C2)c1. The van der Waals surface area contributed by atoms with E-state index in [-0.39, 0.29) is 12.3 Å². The van der Waals surface area contributed by atoms with E-state index in [9.17, 15) is 4.79 Å². The number of likely N-dealkylation sites (tertiary alicyclic amines) is 1. The second kappa shape index (κ2) is 7.96. The summed E-state index contributed by atoms with van der Waals surface area (Å²) in [7, 11) is 3.06. The van der Waals surface area contributed by atoms with Crippen LogP contribution in [0.3, 0.4) is 0 Å². The summed E-state index contributed by atoms with van der Waals surface area (Å²) in [5.74, 6) is 1.04. The van der Waals surface area contributed by atoms with E-state index in [1.807, 2.05) is 12.1 Å². The minimum atomic E-state index is -0.317. The number of nitrogens with zero attached hydrogens (tertiary/aromatic N) is 1. The number of benzene rings is 1. The molecule has 2 fully saturated rings. The summed E-state index contributed by atoms with van der Waals surface area (Å²) in [6.45, 7) is 4.27. The van der Waals surface area contributed by atoms with Crippen molar-refractivity contribution in [1.82, 2.24) is 4.90 Å². The third kappa shape index (κ3) is 4.06. The number of ether oxygens (including phenoxy) is 4. The fourth-order valence-corrected chi connectivity index (χ4v) is 3.46. The number of rotatable bonds is 6. The second-order valence-corrected chi connectivity index (χ2v) is 6.31. The molecule has 2 saturated heterocycles. The van der Waals surface area contributed by atoms with Crippen molar-refractivity contribution in [1.29, 1.82) is 0 Å². The highest BCUT2D eigenvalue weighted by Crippen LogP contribution is 2.28. The maximum absolute atomic E-state index is 11.7. The third-order valence-electron chi connectivity index (χ3n) is 4.68. The fourth-order valence-electron chi connectivity index (χ4n) is 3.46. The molecule has 0 bridgehead atoms. The Kier molecular flexibility index (Phi) is 5.71. The first-order valence-electron chi connectivity index (χ1n) is 8.40. The topological polar surface area (TPSA) is 57.2 Å². The molecule has 6 heteroatoms. The van der Waals surface area contributed by atoms with Gasteiger partial charge in [-0.2, -0.15) is 0 Å². The maximum atomic E-state index is 11.7. The zero-order chi connectivity index (χ0) is 16.9. The first-order chi connectivity index (χ1) is 11.7. The number of hydrogen-bond acceptors (Lipinski definition) is 6. The number of esters is 1. The third-order valence-corrected chi connectivity index (χ3v) is 4.68. The van der Waals surface area contributed by atoms with E-state index >= 15 is 0 Å². The molecule has 0 N–H and O–H groups in total. The summed E-state index contributed by atoms with van der Waals surface area (Å²) in [6, 6.07) is 5.47. The van der Waals surface area contributed by atoms with Crippen molar-refractivity contribution < 1.29 is 23.7 Å². The van der Waals surface area contributed by atoms with Crippen LogP contribution in [0.4, 0.5) is 0 Å². The minimum Gasteiger partial charge on any atom is -0.496 e. The van der Waals surface area contributed by atoms with Crippen molar-refractivity contribution in [2.75, 3.05) is 47.1 Å². The van der Waals surface area contributed by atoms with Gasteiger partial charge in [-0.15, -0.1) is 0 Å². The van der Waals surface area contributed by atoms with Gasteiger partial charge in [0.2, 0.25) is 0 Å². The standard InChI is InChI=1S/C18H25NO5/c1-21-16-4-3-14(18(20)22-2)10-15(16)9-13-5-6-19(11-13)12-17-23-7-8-24-17/h3-4,10,13,17H,5-9,11-12H2,1-2H3. The Bertz CT molecular complexity index is 571. The summed E-state index contributed by atoms with van der Waals surface area (Å²) in [5, 5.41) is 0. The van der Waals surface area contributed by atoms with Crippen molar-refractivity contribution >= 4 is 5.97 Å². The van der Waals surface area contributed by atoms with Crippen LogP contribution in [-0.2, 0) is 20.6 Å². The van der Waals surface area contributed by atoms with E-state index in [1.165, 1.54) is 7.11 Å². The molecule has 2 aliphatic heterocycles. The average Bonchev–Trinajstić information content (AvgIpc) is 3.26. The first kappa shape index (κ1) is 17.2. The number of methoxy groups -OCH3 is 2. The van der Waals surface area contributed by atoms with Gasteiger partial charge in [0, 0.05) is 13.1 Å². The molecule has 0 aliphatic carbocycles. The molecule has 24 heavy (non-hydrogen) atoms. The second-order valence-electron chi connectivity index (χ2n) is 6.31. The van der Waals surface area contributed by atoms with Crippen molar-refractivity contribution in [3.8, 4) is 5.75 Å². The lowest BCUT2D eigenvalue weighted by atomic mass is 9.96. The van der Waals surface area contributed by atoms with Gasteiger partial charge in [-0.1, -0.05) is 0 Å². The Labute approximate surface area is 142 Å². The van der Waals surface area contributed by atoms with Crippen molar-refractivity contribution in [2.45, 2.75) is 19.1 Å².